The van der Waals surface area contributed by atoms with Gasteiger partial charge in [0.15, 0.2) is 6.61 Å². The summed E-state index contributed by atoms with van der Waals surface area (Å²) in [4.78, 5) is 10.6. The smallest absolute Gasteiger partial charge is 0.417 e. The molecule has 0 aliphatic rings. The SMILES string of the molecule is O=C(O)COc1cccc(C(F)(F)F)c1-c1ccc(Cl)cc1. The van der Waals surface area contributed by atoms with E-state index >= 15 is 0 Å². The number of alkyl halides is 3. The van der Waals surface area contributed by atoms with Gasteiger partial charge in [0, 0.05) is 10.6 Å². The molecular formula is C15H10ClF3O3. The monoisotopic (exact) mass is 330 g/mol. The number of carboxylic acids is 1. The average molecular weight is 331 g/mol. The Labute approximate surface area is 128 Å². The van der Waals surface area contributed by atoms with Gasteiger partial charge in [-0.05, 0) is 29.8 Å². The van der Waals surface area contributed by atoms with E-state index in [0.29, 0.717) is 5.02 Å². The number of aliphatic carboxylic acids is 1. The lowest BCUT2D eigenvalue weighted by Gasteiger charge is -2.17. The lowest BCUT2D eigenvalue weighted by molar-refractivity contribution is -0.139. The largest absolute Gasteiger partial charge is 0.481 e. The highest BCUT2D eigenvalue weighted by Gasteiger charge is 2.35. The Morgan fingerprint density at radius 2 is 1.77 bits per heavy atom. The lowest BCUT2D eigenvalue weighted by atomic mass is 9.98. The van der Waals surface area contributed by atoms with E-state index < -0.39 is 24.3 Å². The van der Waals surface area contributed by atoms with Crippen LogP contribution in [0, 0.1) is 0 Å². The molecule has 2 rings (SSSR count). The van der Waals surface area contributed by atoms with E-state index in [2.05, 4.69) is 0 Å². The zero-order valence-corrected chi connectivity index (χ0v) is 11.8. The molecule has 0 radical (unpaired) electrons. The molecule has 0 aliphatic heterocycles. The van der Waals surface area contributed by atoms with Gasteiger partial charge in [-0.2, -0.15) is 13.2 Å². The van der Waals surface area contributed by atoms with Crippen molar-refractivity contribution in [2.75, 3.05) is 6.61 Å². The van der Waals surface area contributed by atoms with Crippen LogP contribution >= 0.6 is 11.6 Å². The average Bonchev–Trinajstić information content (AvgIpc) is 2.44. The van der Waals surface area contributed by atoms with Gasteiger partial charge in [-0.3, -0.25) is 0 Å². The number of rotatable bonds is 4. The molecule has 0 unspecified atom stereocenters. The molecule has 0 atom stereocenters. The van der Waals surface area contributed by atoms with Crippen LogP contribution in [-0.4, -0.2) is 17.7 Å². The Balaban J connectivity index is 2.59. The number of hydrogen-bond acceptors (Lipinski definition) is 2. The summed E-state index contributed by atoms with van der Waals surface area (Å²) < 4.78 is 44.6. The normalized spacial score (nSPS) is 11.3. The van der Waals surface area contributed by atoms with Gasteiger partial charge < -0.3 is 9.84 Å². The quantitative estimate of drug-likeness (QED) is 0.898. The minimum absolute atomic E-state index is 0.153. The molecule has 0 amide bonds. The van der Waals surface area contributed by atoms with E-state index in [9.17, 15) is 18.0 Å². The molecule has 0 aliphatic carbocycles. The van der Waals surface area contributed by atoms with Crippen molar-refractivity contribution in [2.24, 2.45) is 0 Å². The van der Waals surface area contributed by atoms with Crippen LogP contribution in [-0.2, 0) is 11.0 Å². The summed E-state index contributed by atoms with van der Waals surface area (Å²) in [6.45, 7) is -0.734. The van der Waals surface area contributed by atoms with E-state index in [1.807, 2.05) is 0 Å². The topological polar surface area (TPSA) is 46.5 Å². The number of hydrogen-bond donors (Lipinski definition) is 1. The molecule has 0 bridgehead atoms. The van der Waals surface area contributed by atoms with Gasteiger partial charge in [0.1, 0.15) is 5.75 Å². The first-order chi connectivity index (χ1) is 10.3. The first-order valence-electron chi connectivity index (χ1n) is 6.10. The van der Waals surface area contributed by atoms with E-state index in [4.69, 9.17) is 21.4 Å². The fourth-order valence-electron chi connectivity index (χ4n) is 1.94. The maximum atomic E-state index is 13.2. The second-order valence-corrected chi connectivity index (χ2v) is 4.80. The zero-order valence-electron chi connectivity index (χ0n) is 11.0. The second kappa shape index (κ2) is 6.27. The molecule has 0 fully saturated rings. The summed E-state index contributed by atoms with van der Waals surface area (Å²) in [6, 6.07) is 9.11. The fraction of sp³-hybridized carbons (Fsp3) is 0.133. The maximum Gasteiger partial charge on any atom is 0.417 e. The van der Waals surface area contributed by atoms with Crippen molar-refractivity contribution in [3.8, 4) is 16.9 Å². The highest BCUT2D eigenvalue weighted by molar-refractivity contribution is 6.30. The summed E-state index contributed by atoms with van der Waals surface area (Å²) in [5.41, 5.74) is -0.886. The van der Waals surface area contributed by atoms with Crippen molar-refractivity contribution in [3.05, 3.63) is 53.1 Å². The summed E-state index contributed by atoms with van der Waals surface area (Å²) in [6.07, 6.45) is -4.60. The number of ether oxygens (including phenoxy) is 1. The number of carboxylic acid groups (broad SMARTS) is 1. The van der Waals surface area contributed by atoms with Crippen molar-refractivity contribution >= 4 is 17.6 Å². The minimum Gasteiger partial charge on any atom is -0.481 e. The maximum absolute atomic E-state index is 13.2. The lowest BCUT2D eigenvalue weighted by Crippen LogP contribution is -2.12. The van der Waals surface area contributed by atoms with Gasteiger partial charge in [0.05, 0.1) is 5.56 Å². The van der Waals surface area contributed by atoms with E-state index in [0.717, 1.165) is 6.07 Å². The van der Waals surface area contributed by atoms with Crippen molar-refractivity contribution in [1.82, 2.24) is 0 Å². The molecule has 0 aromatic heterocycles. The molecule has 1 N–H and O–H groups in total. The molecule has 3 nitrogen and oxygen atoms in total. The Morgan fingerprint density at radius 1 is 1.14 bits per heavy atom. The van der Waals surface area contributed by atoms with Gasteiger partial charge in [-0.1, -0.05) is 29.8 Å². The van der Waals surface area contributed by atoms with Gasteiger partial charge in [-0.15, -0.1) is 0 Å². The van der Waals surface area contributed by atoms with Crippen LogP contribution in [0.2, 0.25) is 5.02 Å². The van der Waals surface area contributed by atoms with Crippen LogP contribution in [0.5, 0.6) is 5.75 Å². The summed E-state index contributed by atoms with van der Waals surface area (Å²) in [5, 5.41) is 9.01. The molecule has 0 spiro atoms. The first-order valence-corrected chi connectivity index (χ1v) is 6.47. The number of halogens is 4. The van der Waals surface area contributed by atoms with Crippen LogP contribution in [0.25, 0.3) is 11.1 Å². The second-order valence-electron chi connectivity index (χ2n) is 4.37. The Bertz CT molecular complexity index is 681. The van der Waals surface area contributed by atoms with Crippen LogP contribution in [0.15, 0.2) is 42.5 Å². The van der Waals surface area contributed by atoms with Crippen molar-refractivity contribution in [3.63, 3.8) is 0 Å². The van der Waals surface area contributed by atoms with Crippen molar-refractivity contribution in [1.29, 1.82) is 0 Å². The molecule has 2 aromatic carbocycles. The van der Waals surface area contributed by atoms with Crippen molar-refractivity contribution < 1.29 is 27.8 Å². The number of carbonyl (C=O) groups is 1. The van der Waals surface area contributed by atoms with E-state index in [1.165, 1.54) is 36.4 Å². The molecule has 2 aromatic rings. The first kappa shape index (κ1) is 16.2. The van der Waals surface area contributed by atoms with Crippen LogP contribution in [0.1, 0.15) is 5.56 Å². The van der Waals surface area contributed by atoms with E-state index in [1.54, 1.807) is 0 Å². The molecule has 22 heavy (non-hydrogen) atoms. The van der Waals surface area contributed by atoms with Gasteiger partial charge in [0.2, 0.25) is 0 Å². The standard InChI is InChI=1S/C15H10ClF3O3/c16-10-6-4-9(5-7-10)14-11(15(17,18)19)2-1-3-12(14)22-8-13(20)21/h1-7H,8H2,(H,20,21). The molecule has 0 saturated heterocycles. The van der Waals surface area contributed by atoms with Gasteiger partial charge in [0.25, 0.3) is 0 Å². The third-order valence-electron chi connectivity index (χ3n) is 2.82. The molecular weight excluding hydrogens is 321 g/mol. The Morgan fingerprint density at radius 3 is 2.32 bits per heavy atom. The third-order valence-corrected chi connectivity index (χ3v) is 3.07. The predicted octanol–water partition coefficient (Wildman–Crippen LogP) is 4.49. The van der Waals surface area contributed by atoms with E-state index in [-0.39, 0.29) is 16.9 Å². The van der Waals surface area contributed by atoms with Crippen LogP contribution in [0.3, 0.4) is 0 Å². The van der Waals surface area contributed by atoms with Gasteiger partial charge in [-0.25, -0.2) is 4.79 Å². The van der Waals surface area contributed by atoms with Crippen LogP contribution in [0.4, 0.5) is 13.2 Å². The van der Waals surface area contributed by atoms with Crippen LogP contribution < -0.4 is 4.74 Å². The Hall–Kier alpha value is -2.21. The molecule has 0 heterocycles. The molecule has 0 saturated carbocycles. The molecule has 116 valence electrons. The van der Waals surface area contributed by atoms with Crippen molar-refractivity contribution in [2.45, 2.75) is 6.18 Å². The highest BCUT2D eigenvalue weighted by Crippen LogP contribution is 2.42. The third kappa shape index (κ3) is 3.71. The zero-order chi connectivity index (χ0) is 16.3. The Kier molecular flexibility index (Phi) is 4.61. The van der Waals surface area contributed by atoms with Gasteiger partial charge >= 0.3 is 12.1 Å². The predicted molar refractivity (Wildman–Crippen MR) is 75.0 cm³/mol. The fourth-order valence-corrected chi connectivity index (χ4v) is 2.07. The number of benzene rings is 2. The summed E-state index contributed by atoms with van der Waals surface area (Å²) in [5.74, 6) is -1.43. The summed E-state index contributed by atoms with van der Waals surface area (Å²) >= 11 is 5.74. The summed E-state index contributed by atoms with van der Waals surface area (Å²) in [7, 11) is 0. The highest BCUT2D eigenvalue weighted by atomic mass is 35.5. The molecule has 7 heteroatoms. The minimum atomic E-state index is -4.60.